The Bertz CT molecular complexity index is 481. The summed E-state index contributed by atoms with van der Waals surface area (Å²) in [5.74, 6) is 0.104. The van der Waals surface area contributed by atoms with Gasteiger partial charge in [-0.25, -0.2) is 9.99 Å². The molecule has 0 saturated carbocycles. The topological polar surface area (TPSA) is 53.1 Å². The van der Waals surface area contributed by atoms with Crippen LogP contribution in [0.25, 0.3) is 0 Å². The Labute approximate surface area is 121 Å². The number of piperidine rings is 1. The molecule has 5 nitrogen and oxygen atoms in total. The highest BCUT2D eigenvalue weighted by Crippen LogP contribution is 2.30. The minimum atomic E-state index is -4.50. The SMILES string of the molecule is CNc1nc(NN2C(C)CCCC2C)cc(C(F)(F)F)n1. The van der Waals surface area contributed by atoms with Crippen molar-refractivity contribution < 1.29 is 13.2 Å². The summed E-state index contributed by atoms with van der Waals surface area (Å²) in [6.07, 6.45) is -1.36. The molecule has 0 spiro atoms. The fourth-order valence-electron chi connectivity index (χ4n) is 2.54. The van der Waals surface area contributed by atoms with Crippen LogP contribution in [0, 0.1) is 0 Å². The molecular weight excluding hydrogens is 283 g/mol. The minimum Gasteiger partial charge on any atom is -0.357 e. The number of halogens is 3. The molecule has 1 aromatic heterocycles. The number of hydrogen-bond donors (Lipinski definition) is 2. The largest absolute Gasteiger partial charge is 0.433 e. The summed E-state index contributed by atoms with van der Waals surface area (Å²) in [6, 6.07) is 1.43. The summed E-state index contributed by atoms with van der Waals surface area (Å²) in [6.45, 7) is 4.10. The lowest BCUT2D eigenvalue weighted by Gasteiger charge is -2.39. The zero-order valence-corrected chi connectivity index (χ0v) is 12.3. The van der Waals surface area contributed by atoms with Crippen molar-refractivity contribution >= 4 is 11.8 Å². The van der Waals surface area contributed by atoms with Crippen LogP contribution in [0.2, 0.25) is 0 Å². The fraction of sp³-hybridized carbons (Fsp3) is 0.692. The van der Waals surface area contributed by atoms with Crippen molar-refractivity contribution in [2.75, 3.05) is 17.8 Å². The van der Waals surface area contributed by atoms with Crippen LogP contribution in [0.3, 0.4) is 0 Å². The van der Waals surface area contributed by atoms with Gasteiger partial charge in [-0.2, -0.15) is 18.2 Å². The Morgan fingerprint density at radius 3 is 2.33 bits per heavy atom. The summed E-state index contributed by atoms with van der Waals surface area (Å²) >= 11 is 0. The zero-order valence-electron chi connectivity index (χ0n) is 12.3. The summed E-state index contributed by atoms with van der Waals surface area (Å²) < 4.78 is 38.6. The number of nitrogens with one attached hydrogen (secondary N) is 2. The molecule has 2 atom stereocenters. The molecule has 21 heavy (non-hydrogen) atoms. The third kappa shape index (κ3) is 3.75. The van der Waals surface area contributed by atoms with Gasteiger partial charge < -0.3 is 10.7 Å². The molecule has 0 aliphatic carbocycles. The Morgan fingerprint density at radius 1 is 1.19 bits per heavy atom. The predicted molar refractivity (Wildman–Crippen MR) is 74.8 cm³/mol. The number of hydrazine groups is 1. The van der Waals surface area contributed by atoms with E-state index in [4.69, 9.17) is 0 Å². The molecule has 1 aliphatic rings. The van der Waals surface area contributed by atoms with Crippen molar-refractivity contribution in [3.8, 4) is 0 Å². The second-order valence-corrected chi connectivity index (χ2v) is 5.36. The van der Waals surface area contributed by atoms with E-state index in [0.717, 1.165) is 25.3 Å². The van der Waals surface area contributed by atoms with Gasteiger partial charge in [0.1, 0.15) is 5.82 Å². The lowest BCUT2D eigenvalue weighted by Crippen LogP contribution is -2.47. The Hall–Kier alpha value is -1.57. The van der Waals surface area contributed by atoms with Gasteiger partial charge in [-0.1, -0.05) is 6.42 Å². The van der Waals surface area contributed by atoms with Crippen molar-refractivity contribution in [1.82, 2.24) is 15.0 Å². The molecule has 0 radical (unpaired) electrons. The molecular formula is C13H20F3N5. The molecule has 1 fully saturated rings. The predicted octanol–water partition coefficient (Wildman–Crippen LogP) is 3.13. The summed E-state index contributed by atoms with van der Waals surface area (Å²) in [4.78, 5) is 7.50. The number of anilines is 2. The Morgan fingerprint density at radius 2 is 1.81 bits per heavy atom. The van der Waals surface area contributed by atoms with Gasteiger partial charge in [-0.05, 0) is 26.7 Å². The number of aromatic nitrogens is 2. The van der Waals surface area contributed by atoms with Crippen LogP contribution in [0.1, 0.15) is 38.8 Å². The van der Waals surface area contributed by atoms with Crippen LogP contribution in [0.4, 0.5) is 24.9 Å². The molecule has 8 heteroatoms. The maximum absolute atomic E-state index is 12.9. The summed E-state index contributed by atoms with van der Waals surface area (Å²) in [5.41, 5.74) is 2.05. The van der Waals surface area contributed by atoms with Gasteiger partial charge in [0.05, 0.1) is 0 Å². The normalized spacial score (nSPS) is 23.9. The number of alkyl halides is 3. The Kier molecular flexibility index (Phi) is 4.55. The molecule has 1 saturated heterocycles. The van der Waals surface area contributed by atoms with Gasteiger partial charge in [0.2, 0.25) is 5.95 Å². The van der Waals surface area contributed by atoms with E-state index in [0.29, 0.717) is 0 Å². The highest BCUT2D eigenvalue weighted by Gasteiger charge is 2.34. The van der Waals surface area contributed by atoms with Gasteiger partial charge >= 0.3 is 6.18 Å². The van der Waals surface area contributed by atoms with Gasteiger partial charge in [-0.3, -0.25) is 0 Å². The summed E-state index contributed by atoms with van der Waals surface area (Å²) in [5, 5.41) is 4.52. The smallest absolute Gasteiger partial charge is 0.357 e. The van der Waals surface area contributed by atoms with Gasteiger partial charge in [-0.15, -0.1) is 0 Å². The third-order valence-corrected chi connectivity index (χ3v) is 3.68. The van der Waals surface area contributed by atoms with Gasteiger partial charge in [0, 0.05) is 25.2 Å². The molecule has 0 bridgehead atoms. The van der Waals surface area contributed by atoms with E-state index in [9.17, 15) is 13.2 Å². The van der Waals surface area contributed by atoms with Crippen molar-refractivity contribution in [2.24, 2.45) is 0 Å². The quantitative estimate of drug-likeness (QED) is 0.898. The first-order valence-corrected chi connectivity index (χ1v) is 7.00. The fourth-order valence-corrected chi connectivity index (χ4v) is 2.54. The van der Waals surface area contributed by atoms with Crippen molar-refractivity contribution in [2.45, 2.75) is 51.4 Å². The average molecular weight is 303 g/mol. The van der Waals surface area contributed by atoms with Crippen LogP contribution in [-0.2, 0) is 6.18 Å². The van der Waals surface area contributed by atoms with Crippen LogP contribution in [-0.4, -0.2) is 34.1 Å². The molecule has 118 valence electrons. The van der Waals surface area contributed by atoms with E-state index in [1.165, 1.54) is 7.05 Å². The van der Waals surface area contributed by atoms with E-state index in [1.807, 2.05) is 18.9 Å². The van der Waals surface area contributed by atoms with E-state index in [2.05, 4.69) is 20.7 Å². The third-order valence-electron chi connectivity index (χ3n) is 3.68. The zero-order chi connectivity index (χ0) is 15.6. The van der Waals surface area contributed by atoms with E-state index in [1.54, 1.807) is 0 Å². The second kappa shape index (κ2) is 6.05. The molecule has 1 aliphatic heterocycles. The van der Waals surface area contributed by atoms with E-state index < -0.39 is 11.9 Å². The second-order valence-electron chi connectivity index (χ2n) is 5.36. The van der Waals surface area contributed by atoms with E-state index in [-0.39, 0.29) is 23.8 Å². The first-order valence-electron chi connectivity index (χ1n) is 7.00. The van der Waals surface area contributed by atoms with Crippen molar-refractivity contribution in [3.05, 3.63) is 11.8 Å². The van der Waals surface area contributed by atoms with Crippen LogP contribution >= 0.6 is 0 Å². The first kappa shape index (κ1) is 15.8. The monoisotopic (exact) mass is 303 g/mol. The standard InChI is InChI=1S/C13H20F3N5/c1-8-5-4-6-9(2)21(8)20-11-7-10(13(14,15)16)18-12(17-3)19-11/h7-9H,4-6H2,1-3H3,(H2,17,18,19,20). The minimum absolute atomic E-state index is 0.0513. The molecule has 2 rings (SSSR count). The average Bonchev–Trinajstić information content (AvgIpc) is 2.42. The number of hydrogen-bond acceptors (Lipinski definition) is 5. The molecule has 1 aromatic rings. The number of nitrogens with zero attached hydrogens (tertiary/aromatic N) is 3. The molecule has 2 unspecified atom stereocenters. The molecule has 2 N–H and O–H groups in total. The molecule has 2 heterocycles. The Balaban J connectivity index is 2.26. The first-order chi connectivity index (χ1) is 9.81. The van der Waals surface area contributed by atoms with Gasteiger partial charge in [0.15, 0.2) is 5.69 Å². The van der Waals surface area contributed by atoms with Crippen LogP contribution in [0.15, 0.2) is 6.07 Å². The number of rotatable bonds is 3. The van der Waals surface area contributed by atoms with Crippen molar-refractivity contribution in [3.63, 3.8) is 0 Å². The van der Waals surface area contributed by atoms with Crippen molar-refractivity contribution in [1.29, 1.82) is 0 Å². The molecule has 0 amide bonds. The lowest BCUT2D eigenvalue weighted by molar-refractivity contribution is -0.141. The maximum atomic E-state index is 12.9. The lowest BCUT2D eigenvalue weighted by atomic mass is 10.00. The maximum Gasteiger partial charge on any atom is 0.433 e. The highest BCUT2D eigenvalue weighted by atomic mass is 19.4. The summed E-state index contributed by atoms with van der Waals surface area (Å²) in [7, 11) is 1.49. The van der Waals surface area contributed by atoms with Crippen LogP contribution < -0.4 is 10.7 Å². The van der Waals surface area contributed by atoms with Crippen LogP contribution in [0.5, 0.6) is 0 Å². The molecule has 0 aromatic carbocycles. The highest BCUT2D eigenvalue weighted by molar-refractivity contribution is 5.42. The van der Waals surface area contributed by atoms with Gasteiger partial charge in [0.25, 0.3) is 0 Å². The van der Waals surface area contributed by atoms with E-state index >= 15 is 0 Å².